The third kappa shape index (κ3) is 6.36. The lowest BCUT2D eigenvalue weighted by Crippen LogP contribution is -2.50. The van der Waals surface area contributed by atoms with E-state index in [2.05, 4.69) is 9.82 Å². The van der Waals surface area contributed by atoms with Crippen LogP contribution in [0, 0.1) is 6.92 Å². The Labute approximate surface area is 217 Å². The molecular formula is C21H26Cl2F3N5O4S. The number of aromatic nitrogens is 2. The summed E-state index contributed by atoms with van der Waals surface area (Å²) in [5.74, 6) is -0.0488. The van der Waals surface area contributed by atoms with E-state index in [0.717, 1.165) is 4.68 Å². The summed E-state index contributed by atoms with van der Waals surface area (Å²) in [5, 5.41) is 3.28. The SMILES string of the molecule is CCS(=O)(=O)NCc1cc(Cl)c(OC)cc1N1CCN(C(=O)Cn2nc(C(F)(F)F)c(Cl)c2C)CC1. The molecule has 1 N–H and O–H groups in total. The number of hydrogen-bond donors (Lipinski definition) is 1. The van der Waals surface area contributed by atoms with Gasteiger partial charge in [-0.15, -0.1) is 0 Å². The van der Waals surface area contributed by atoms with Crippen LogP contribution >= 0.6 is 23.2 Å². The van der Waals surface area contributed by atoms with Gasteiger partial charge in [0.25, 0.3) is 0 Å². The summed E-state index contributed by atoms with van der Waals surface area (Å²) in [6.45, 7) is 3.94. The van der Waals surface area contributed by atoms with Crippen molar-refractivity contribution in [1.82, 2.24) is 19.4 Å². The summed E-state index contributed by atoms with van der Waals surface area (Å²) in [5.41, 5.74) is 0.177. The third-order valence-electron chi connectivity index (χ3n) is 5.88. The highest BCUT2D eigenvalue weighted by molar-refractivity contribution is 7.89. The van der Waals surface area contributed by atoms with Crippen LogP contribution < -0.4 is 14.4 Å². The number of anilines is 1. The molecule has 0 unspecified atom stereocenters. The molecule has 1 fully saturated rings. The van der Waals surface area contributed by atoms with Crippen LogP contribution in [-0.2, 0) is 34.1 Å². The molecule has 0 saturated carbocycles. The summed E-state index contributed by atoms with van der Waals surface area (Å²) in [6.07, 6.45) is -4.72. The highest BCUT2D eigenvalue weighted by atomic mass is 35.5. The Kier molecular flexibility index (Phi) is 8.69. The first-order valence-electron chi connectivity index (χ1n) is 10.9. The molecule has 36 heavy (non-hydrogen) atoms. The van der Waals surface area contributed by atoms with Gasteiger partial charge in [-0.05, 0) is 25.5 Å². The highest BCUT2D eigenvalue weighted by Crippen LogP contribution is 2.36. The molecule has 2 aromatic rings. The number of sulfonamides is 1. The molecule has 9 nitrogen and oxygen atoms in total. The van der Waals surface area contributed by atoms with E-state index in [4.69, 9.17) is 27.9 Å². The molecule has 200 valence electrons. The van der Waals surface area contributed by atoms with Gasteiger partial charge in [-0.25, -0.2) is 13.1 Å². The van der Waals surface area contributed by atoms with Crippen molar-refractivity contribution in [3.8, 4) is 5.75 Å². The minimum atomic E-state index is -4.72. The molecule has 0 atom stereocenters. The van der Waals surface area contributed by atoms with Crippen molar-refractivity contribution in [3.05, 3.63) is 39.1 Å². The van der Waals surface area contributed by atoms with Crippen molar-refractivity contribution in [1.29, 1.82) is 0 Å². The number of piperazine rings is 1. The summed E-state index contributed by atoms with van der Waals surface area (Å²) in [4.78, 5) is 16.3. The minimum Gasteiger partial charge on any atom is -0.495 e. The second-order valence-electron chi connectivity index (χ2n) is 8.11. The van der Waals surface area contributed by atoms with Gasteiger partial charge < -0.3 is 14.5 Å². The fraction of sp³-hybridized carbons (Fsp3) is 0.524. The van der Waals surface area contributed by atoms with Crippen molar-refractivity contribution in [2.45, 2.75) is 33.1 Å². The molecule has 0 radical (unpaired) electrons. The lowest BCUT2D eigenvalue weighted by Gasteiger charge is -2.37. The smallest absolute Gasteiger partial charge is 0.436 e. The predicted molar refractivity (Wildman–Crippen MR) is 130 cm³/mol. The standard InChI is InChI=1S/C21H26Cl2F3N5O4S/c1-4-36(33,34)27-11-14-9-15(22)17(35-3)10-16(14)29-5-7-30(8-6-29)18(32)12-31-13(2)19(23)20(28-31)21(24,25)26/h9-10,27H,4-8,11-12H2,1-3H3. The number of rotatable bonds is 8. The summed E-state index contributed by atoms with van der Waals surface area (Å²) < 4.78 is 71.9. The maximum absolute atomic E-state index is 13.1. The van der Waals surface area contributed by atoms with Gasteiger partial charge in [0, 0.05) is 44.5 Å². The van der Waals surface area contributed by atoms with E-state index in [1.165, 1.54) is 25.9 Å². The van der Waals surface area contributed by atoms with Crippen LogP contribution in [0.15, 0.2) is 12.1 Å². The number of alkyl halides is 3. The summed E-state index contributed by atoms with van der Waals surface area (Å²) in [7, 11) is -1.97. The van der Waals surface area contributed by atoms with E-state index in [1.807, 2.05) is 4.90 Å². The maximum Gasteiger partial charge on any atom is 0.436 e. The lowest BCUT2D eigenvalue weighted by molar-refractivity contribution is -0.142. The average molecular weight is 572 g/mol. The zero-order valence-corrected chi connectivity index (χ0v) is 22.2. The number of halogens is 5. The minimum absolute atomic E-state index is 0.0231. The molecule has 1 aromatic carbocycles. The normalized spacial score (nSPS) is 14.9. The third-order valence-corrected chi connectivity index (χ3v) is 7.97. The van der Waals surface area contributed by atoms with Crippen LogP contribution in [0.4, 0.5) is 18.9 Å². The fourth-order valence-electron chi connectivity index (χ4n) is 3.75. The van der Waals surface area contributed by atoms with E-state index >= 15 is 0 Å². The number of carbonyl (C=O) groups excluding carboxylic acids is 1. The van der Waals surface area contributed by atoms with Crippen LogP contribution in [0.5, 0.6) is 5.75 Å². The van der Waals surface area contributed by atoms with Gasteiger partial charge in [0.15, 0.2) is 5.69 Å². The molecule has 2 heterocycles. The molecule has 1 aliphatic heterocycles. The van der Waals surface area contributed by atoms with Gasteiger partial charge in [0.05, 0.1) is 28.6 Å². The Hall–Kier alpha value is -2.22. The number of carbonyl (C=O) groups is 1. The predicted octanol–water partition coefficient (Wildman–Crippen LogP) is 3.31. The number of benzene rings is 1. The second kappa shape index (κ2) is 11.0. The van der Waals surface area contributed by atoms with Crippen LogP contribution in [-0.4, -0.2) is 68.0 Å². The summed E-state index contributed by atoms with van der Waals surface area (Å²) >= 11 is 12.0. The Morgan fingerprint density at radius 1 is 1.19 bits per heavy atom. The van der Waals surface area contributed by atoms with Crippen molar-refractivity contribution in [2.24, 2.45) is 0 Å². The van der Waals surface area contributed by atoms with Gasteiger partial charge in [0.2, 0.25) is 15.9 Å². The molecule has 1 aromatic heterocycles. The number of methoxy groups -OCH3 is 1. The molecule has 1 aliphatic rings. The Morgan fingerprint density at radius 3 is 2.36 bits per heavy atom. The van der Waals surface area contributed by atoms with Gasteiger partial charge in [-0.1, -0.05) is 23.2 Å². The maximum atomic E-state index is 13.1. The molecule has 0 aliphatic carbocycles. The lowest BCUT2D eigenvalue weighted by atomic mass is 10.1. The number of nitrogens with one attached hydrogen (secondary N) is 1. The molecule has 3 rings (SSSR count). The first-order chi connectivity index (χ1) is 16.8. The molecule has 15 heteroatoms. The Balaban J connectivity index is 1.73. The van der Waals surface area contributed by atoms with Gasteiger partial charge in [0.1, 0.15) is 12.3 Å². The van der Waals surface area contributed by atoms with Gasteiger partial charge in [-0.2, -0.15) is 18.3 Å². The topological polar surface area (TPSA) is 96.8 Å². The number of nitrogens with zero attached hydrogens (tertiary/aromatic N) is 4. The van der Waals surface area contributed by atoms with Crippen LogP contribution in [0.2, 0.25) is 10.0 Å². The van der Waals surface area contributed by atoms with Gasteiger partial charge in [-0.3, -0.25) is 9.48 Å². The zero-order chi connectivity index (χ0) is 26.8. The quantitative estimate of drug-likeness (QED) is 0.522. The van der Waals surface area contributed by atoms with E-state index in [0.29, 0.717) is 48.2 Å². The first-order valence-corrected chi connectivity index (χ1v) is 13.3. The van der Waals surface area contributed by atoms with E-state index in [9.17, 15) is 26.4 Å². The van der Waals surface area contributed by atoms with Crippen molar-refractivity contribution in [2.75, 3.05) is 43.9 Å². The summed E-state index contributed by atoms with van der Waals surface area (Å²) in [6, 6.07) is 3.34. The first kappa shape index (κ1) is 28.4. The van der Waals surface area contributed by atoms with Crippen molar-refractivity contribution >= 4 is 44.8 Å². The van der Waals surface area contributed by atoms with Crippen LogP contribution in [0.1, 0.15) is 23.9 Å². The highest BCUT2D eigenvalue weighted by Gasteiger charge is 2.38. The Morgan fingerprint density at radius 2 is 1.83 bits per heavy atom. The largest absolute Gasteiger partial charge is 0.495 e. The monoisotopic (exact) mass is 571 g/mol. The zero-order valence-electron chi connectivity index (χ0n) is 19.8. The van der Waals surface area contributed by atoms with E-state index in [1.54, 1.807) is 12.1 Å². The second-order valence-corrected chi connectivity index (χ2v) is 11.0. The van der Waals surface area contributed by atoms with E-state index in [-0.39, 0.29) is 24.5 Å². The van der Waals surface area contributed by atoms with Crippen molar-refractivity contribution < 1.29 is 31.1 Å². The number of hydrogen-bond acceptors (Lipinski definition) is 6. The molecular weight excluding hydrogens is 546 g/mol. The number of ether oxygens (including phenoxy) is 1. The van der Waals surface area contributed by atoms with Gasteiger partial charge >= 0.3 is 6.18 Å². The van der Waals surface area contributed by atoms with Crippen molar-refractivity contribution in [3.63, 3.8) is 0 Å². The van der Waals surface area contributed by atoms with Crippen LogP contribution in [0.25, 0.3) is 0 Å². The Bertz CT molecular complexity index is 1230. The fourth-order valence-corrected chi connectivity index (χ4v) is 4.84. The molecule has 1 saturated heterocycles. The molecule has 0 bridgehead atoms. The number of amides is 1. The average Bonchev–Trinajstić information content (AvgIpc) is 3.11. The molecule has 1 amide bonds. The van der Waals surface area contributed by atoms with E-state index < -0.39 is 32.8 Å². The molecule has 0 spiro atoms. The van der Waals surface area contributed by atoms with Crippen LogP contribution in [0.3, 0.4) is 0 Å².